The molecule has 0 saturated heterocycles. The summed E-state index contributed by atoms with van der Waals surface area (Å²) in [5.41, 5.74) is 0. The van der Waals surface area contributed by atoms with E-state index in [4.69, 9.17) is 0 Å². The average Bonchev–Trinajstić information content (AvgIpc) is 1.99. The summed E-state index contributed by atoms with van der Waals surface area (Å²) in [6.45, 7) is 5.25. The summed E-state index contributed by atoms with van der Waals surface area (Å²) in [5, 5.41) is 0. The lowest BCUT2D eigenvalue weighted by Gasteiger charge is -2.25. The Morgan fingerprint density at radius 3 is 2.25 bits per heavy atom. The smallest absolute Gasteiger partial charge is 0.195 e. The van der Waals surface area contributed by atoms with Crippen LogP contribution in [0.1, 0.15) is 6.92 Å². The fourth-order valence-corrected chi connectivity index (χ4v) is 2.05. The Morgan fingerprint density at radius 1 is 1.33 bits per heavy atom. The molecule has 0 radical (unpaired) electrons. The molecule has 0 spiro atoms. The SMILES string of the molecule is CCN=C(N(C)C)N(C)C[SiH2]C. The lowest BCUT2D eigenvalue weighted by molar-refractivity contribution is 0.466. The van der Waals surface area contributed by atoms with E-state index in [9.17, 15) is 0 Å². The molecule has 0 aromatic rings. The van der Waals surface area contributed by atoms with Gasteiger partial charge in [-0.3, -0.25) is 4.99 Å². The molecule has 0 bridgehead atoms. The molecule has 0 aromatic heterocycles. The third-order valence-corrected chi connectivity index (χ3v) is 2.72. The lowest BCUT2D eigenvalue weighted by Crippen LogP contribution is -2.39. The summed E-state index contributed by atoms with van der Waals surface area (Å²) in [6, 6.07) is 0. The zero-order valence-electron chi connectivity index (χ0n) is 8.96. The van der Waals surface area contributed by atoms with Crippen molar-refractivity contribution in [1.82, 2.24) is 9.80 Å². The molecule has 0 aliphatic rings. The molecule has 72 valence electrons. The zero-order chi connectivity index (χ0) is 9.56. The van der Waals surface area contributed by atoms with Crippen molar-refractivity contribution in [3.63, 3.8) is 0 Å². The summed E-state index contributed by atoms with van der Waals surface area (Å²) in [7, 11) is 6.30. The normalized spacial score (nSPS) is 12.6. The Bertz CT molecular complexity index is 145. The van der Waals surface area contributed by atoms with Crippen LogP contribution in [-0.2, 0) is 0 Å². The number of guanidine groups is 1. The maximum atomic E-state index is 4.43. The van der Waals surface area contributed by atoms with Crippen molar-refractivity contribution < 1.29 is 0 Å². The average molecular weight is 187 g/mol. The predicted molar refractivity (Wildman–Crippen MR) is 58.7 cm³/mol. The molecule has 0 aliphatic carbocycles. The second-order valence-corrected chi connectivity index (χ2v) is 4.54. The third kappa shape index (κ3) is 3.76. The minimum absolute atomic E-state index is 0.0932. The molecule has 3 nitrogen and oxygen atoms in total. The highest BCUT2D eigenvalue weighted by Gasteiger charge is 2.05. The highest BCUT2D eigenvalue weighted by atomic mass is 28.2. The van der Waals surface area contributed by atoms with Gasteiger partial charge in [-0.15, -0.1) is 0 Å². The molecular formula is C8H21N3Si. The molecule has 0 fully saturated rings. The van der Waals surface area contributed by atoms with E-state index in [0.717, 1.165) is 12.5 Å². The van der Waals surface area contributed by atoms with Crippen LogP contribution in [0.5, 0.6) is 0 Å². The van der Waals surface area contributed by atoms with Gasteiger partial charge in [0.25, 0.3) is 0 Å². The summed E-state index contributed by atoms with van der Waals surface area (Å²) in [6.07, 6.45) is 1.21. The van der Waals surface area contributed by atoms with Crippen molar-refractivity contribution >= 4 is 15.5 Å². The van der Waals surface area contributed by atoms with Gasteiger partial charge in [-0.25, -0.2) is 0 Å². The maximum absolute atomic E-state index is 4.43. The molecular weight excluding hydrogens is 166 g/mol. The first-order valence-electron chi connectivity index (χ1n) is 4.56. The Balaban J connectivity index is 4.19. The Kier molecular flexibility index (Phi) is 5.79. The van der Waals surface area contributed by atoms with Gasteiger partial charge >= 0.3 is 0 Å². The number of hydrogen-bond donors (Lipinski definition) is 0. The van der Waals surface area contributed by atoms with E-state index >= 15 is 0 Å². The van der Waals surface area contributed by atoms with Crippen LogP contribution in [0, 0.1) is 0 Å². The van der Waals surface area contributed by atoms with Gasteiger partial charge in [-0.05, 0) is 6.92 Å². The van der Waals surface area contributed by atoms with E-state index in [1.165, 1.54) is 6.17 Å². The Morgan fingerprint density at radius 2 is 1.92 bits per heavy atom. The van der Waals surface area contributed by atoms with Crippen molar-refractivity contribution in [2.24, 2.45) is 4.99 Å². The second kappa shape index (κ2) is 6.05. The van der Waals surface area contributed by atoms with Crippen LogP contribution in [0.25, 0.3) is 0 Å². The van der Waals surface area contributed by atoms with Crippen LogP contribution in [0.2, 0.25) is 6.55 Å². The standard InChI is InChI=1S/C8H21N3Si/c1-6-9-8(10(2)3)11(4)7-12-5/h6-7,12H2,1-5H3. The highest BCUT2D eigenvalue weighted by Crippen LogP contribution is 1.91. The molecule has 0 aromatic carbocycles. The fourth-order valence-electron chi connectivity index (χ4n) is 1.18. The summed E-state index contributed by atoms with van der Waals surface area (Å²) in [5.74, 6) is 1.10. The van der Waals surface area contributed by atoms with Gasteiger partial charge in [0, 0.05) is 43.4 Å². The van der Waals surface area contributed by atoms with Crippen LogP contribution in [0.4, 0.5) is 0 Å². The predicted octanol–water partition coefficient (Wildman–Crippen LogP) is 0.0301. The highest BCUT2D eigenvalue weighted by molar-refractivity contribution is 6.34. The van der Waals surface area contributed by atoms with Gasteiger partial charge in [0.05, 0.1) is 0 Å². The van der Waals surface area contributed by atoms with Gasteiger partial charge in [-0.2, -0.15) is 0 Å². The second-order valence-electron chi connectivity index (χ2n) is 3.09. The van der Waals surface area contributed by atoms with Gasteiger partial charge in [0.2, 0.25) is 0 Å². The third-order valence-electron chi connectivity index (χ3n) is 1.60. The van der Waals surface area contributed by atoms with Crippen LogP contribution < -0.4 is 0 Å². The number of nitrogens with zero attached hydrogens (tertiary/aromatic N) is 3. The van der Waals surface area contributed by atoms with Crippen LogP contribution >= 0.6 is 0 Å². The summed E-state index contributed by atoms with van der Waals surface area (Å²) in [4.78, 5) is 8.76. The molecule has 0 amide bonds. The van der Waals surface area contributed by atoms with Crippen molar-refractivity contribution in [2.45, 2.75) is 13.5 Å². The number of rotatable bonds is 3. The maximum Gasteiger partial charge on any atom is 0.195 e. The van der Waals surface area contributed by atoms with Crippen LogP contribution in [-0.4, -0.2) is 59.1 Å². The van der Waals surface area contributed by atoms with Crippen molar-refractivity contribution in [2.75, 3.05) is 33.9 Å². The monoisotopic (exact) mass is 187 g/mol. The molecule has 12 heavy (non-hydrogen) atoms. The van der Waals surface area contributed by atoms with Gasteiger partial charge in [-0.1, -0.05) is 6.55 Å². The summed E-state index contributed by atoms with van der Waals surface area (Å²) >= 11 is 0. The van der Waals surface area contributed by atoms with E-state index in [1.54, 1.807) is 0 Å². The largest absolute Gasteiger partial charge is 0.350 e. The lowest BCUT2D eigenvalue weighted by atomic mass is 10.7. The molecule has 0 heterocycles. The van der Waals surface area contributed by atoms with Crippen molar-refractivity contribution in [3.05, 3.63) is 0 Å². The Labute approximate surface area is 78.3 Å². The molecule has 0 unspecified atom stereocenters. The van der Waals surface area contributed by atoms with E-state index in [2.05, 4.69) is 35.3 Å². The quantitative estimate of drug-likeness (QED) is 0.353. The van der Waals surface area contributed by atoms with E-state index in [1.807, 2.05) is 14.1 Å². The van der Waals surface area contributed by atoms with Gasteiger partial charge in [0.1, 0.15) is 0 Å². The van der Waals surface area contributed by atoms with Crippen molar-refractivity contribution in [3.8, 4) is 0 Å². The number of hydrogen-bond acceptors (Lipinski definition) is 1. The topological polar surface area (TPSA) is 18.8 Å². The molecule has 0 saturated carbocycles. The Hall–Kier alpha value is -0.513. The number of aliphatic imine (C=N–C) groups is 1. The first-order chi connectivity index (χ1) is 5.63. The van der Waals surface area contributed by atoms with Crippen LogP contribution in [0.3, 0.4) is 0 Å². The molecule has 0 aliphatic heterocycles. The molecule has 4 heteroatoms. The van der Waals surface area contributed by atoms with E-state index in [0.29, 0.717) is 0 Å². The van der Waals surface area contributed by atoms with Gasteiger partial charge < -0.3 is 9.80 Å². The molecule has 0 rings (SSSR count). The molecule has 0 N–H and O–H groups in total. The van der Waals surface area contributed by atoms with Gasteiger partial charge in [0.15, 0.2) is 5.96 Å². The van der Waals surface area contributed by atoms with Crippen molar-refractivity contribution in [1.29, 1.82) is 0 Å². The first kappa shape index (κ1) is 11.5. The molecule has 0 atom stereocenters. The zero-order valence-corrected chi connectivity index (χ0v) is 10.4. The van der Waals surface area contributed by atoms with Crippen LogP contribution in [0.15, 0.2) is 4.99 Å². The minimum Gasteiger partial charge on any atom is -0.350 e. The van der Waals surface area contributed by atoms with E-state index in [-0.39, 0.29) is 9.52 Å². The fraction of sp³-hybridized carbons (Fsp3) is 0.875. The summed E-state index contributed by atoms with van der Waals surface area (Å²) < 4.78 is 0. The first-order valence-corrected chi connectivity index (χ1v) is 6.97. The van der Waals surface area contributed by atoms with E-state index < -0.39 is 0 Å². The minimum atomic E-state index is 0.0932.